The summed E-state index contributed by atoms with van der Waals surface area (Å²) in [5.41, 5.74) is 0.581. The molecule has 0 aromatic carbocycles. The highest BCUT2D eigenvalue weighted by molar-refractivity contribution is 8.28. The highest BCUT2D eigenvalue weighted by Crippen LogP contribution is 2.47. The van der Waals surface area contributed by atoms with Gasteiger partial charge in [-0.25, -0.2) is 21.6 Å². The minimum absolute atomic E-state index is 0.0386. The molecule has 0 aliphatic carbocycles. The van der Waals surface area contributed by atoms with Gasteiger partial charge in [-0.2, -0.15) is 0 Å². The van der Waals surface area contributed by atoms with Crippen LogP contribution in [0.5, 0.6) is 0 Å². The first kappa shape index (κ1) is 28.8. The Morgan fingerprint density at radius 2 is 1.91 bits per heavy atom. The van der Waals surface area contributed by atoms with E-state index >= 15 is 0 Å². The van der Waals surface area contributed by atoms with Crippen molar-refractivity contribution in [1.82, 2.24) is 14.9 Å². The van der Waals surface area contributed by atoms with E-state index in [9.17, 15) is 36.0 Å². The van der Waals surface area contributed by atoms with E-state index in [4.69, 9.17) is 5.11 Å². The van der Waals surface area contributed by atoms with Crippen LogP contribution in [0.3, 0.4) is 0 Å². The molecule has 0 bridgehead atoms. The lowest BCUT2D eigenvalue weighted by molar-refractivity contribution is -0.153. The summed E-state index contributed by atoms with van der Waals surface area (Å²) in [6.07, 6.45) is 0.719. The summed E-state index contributed by atoms with van der Waals surface area (Å²) in [5, 5.41) is 10.9. The predicted molar refractivity (Wildman–Crippen MR) is 126 cm³/mol. The Balaban J connectivity index is 2.01. The maximum Gasteiger partial charge on any atom is 0.306 e. The second kappa shape index (κ2) is 11.5. The molecule has 0 radical (unpaired) electrons. The number of amides is 2. The molecular weight excluding hydrogens is 526 g/mol. The Bertz CT molecular complexity index is 1170. The van der Waals surface area contributed by atoms with Crippen LogP contribution >= 0.6 is 11.8 Å². The van der Waals surface area contributed by atoms with E-state index in [0.717, 1.165) is 4.90 Å². The van der Waals surface area contributed by atoms with Crippen molar-refractivity contribution in [2.24, 2.45) is 0 Å². The minimum atomic E-state index is -4.45. The number of aliphatic carboxylic acids is 1. The molecule has 0 fully saturated rings. The zero-order valence-electron chi connectivity index (χ0n) is 19.3. The first-order valence-electron chi connectivity index (χ1n) is 10.5. The van der Waals surface area contributed by atoms with E-state index in [1.807, 2.05) is 4.72 Å². The average Bonchev–Trinajstić information content (AvgIpc) is 2.99. The third-order valence-electron chi connectivity index (χ3n) is 5.07. The summed E-state index contributed by atoms with van der Waals surface area (Å²) in [6, 6.07) is -0.627. The number of nitrogens with one attached hydrogen (secondary N) is 2. The fraction of sp³-hybridized carbons (Fsp3) is 0.579. The highest BCUT2D eigenvalue weighted by Gasteiger charge is 2.43. The van der Waals surface area contributed by atoms with E-state index in [1.165, 1.54) is 13.1 Å². The van der Waals surface area contributed by atoms with Gasteiger partial charge in [-0.3, -0.25) is 19.2 Å². The Morgan fingerprint density at radius 3 is 2.51 bits per heavy atom. The van der Waals surface area contributed by atoms with Crippen molar-refractivity contribution in [3.63, 3.8) is 0 Å². The number of sulfonamides is 1. The van der Waals surface area contributed by atoms with E-state index in [1.54, 1.807) is 13.8 Å². The van der Waals surface area contributed by atoms with E-state index in [-0.39, 0.29) is 14.9 Å². The van der Waals surface area contributed by atoms with Crippen molar-refractivity contribution in [1.29, 1.82) is 0 Å². The number of thioether (sulfide) groups is 1. The molecule has 16 heteroatoms. The third kappa shape index (κ3) is 7.28. The molecule has 0 aromatic heterocycles. The van der Waals surface area contributed by atoms with Crippen LogP contribution < -0.4 is 10.0 Å². The number of carboxylic acid groups (broad SMARTS) is 1. The monoisotopic (exact) mass is 553 g/mol. The smallest absolute Gasteiger partial charge is 0.306 e. The molecule has 35 heavy (non-hydrogen) atoms. The van der Waals surface area contributed by atoms with Gasteiger partial charge in [-0.1, -0.05) is 18.7 Å². The molecule has 2 heterocycles. The summed E-state index contributed by atoms with van der Waals surface area (Å²) in [7, 11) is -6.96. The summed E-state index contributed by atoms with van der Waals surface area (Å²) in [5.74, 6) is -4.01. The number of carbonyl (C=O) groups excluding carboxylic acids is 3. The van der Waals surface area contributed by atoms with Crippen LogP contribution in [0.2, 0.25) is 0 Å². The largest absolute Gasteiger partial charge is 0.481 e. The normalized spacial score (nSPS) is 21.1. The molecule has 2 aliphatic heterocycles. The van der Waals surface area contributed by atoms with E-state index < -0.39 is 80.9 Å². The number of rotatable bonds is 11. The molecule has 0 aromatic rings. The van der Waals surface area contributed by atoms with Gasteiger partial charge in [-0.05, 0) is 31.5 Å². The first-order valence-corrected chi connectivity index (χ1v) is 14.3. The summed E-state index contributed by atoms with van der Waals surface area (Å²) in [6.45, 7) is 2.33. The number of sulfone groups is 1. The second-order valence-corrected chi connectivity index (χ2v) is 13.4. The lowest BCUT2D eigenvalue weighted by Crippen LogP contribution is -2.42. The van der Waals surface area contributed by atoms with Crippen LogP contribution in [-0.2, 0) is 43.8 Å². The van der Waals surface area contributed by atoms with Crippen LogP contribution in [0.4, 0.5) is 0 Å². The SMILES string of the molecule is CCN[C@H]1C=C(S(=O)(=O)NC(=O)CN(C)C(=O)COC(=O)CCC(=O)O)SC2=C1C[C@H](C)S2(=O)=O. The predicted octanol–water partition coefficient (Wildman–Crippen LogP) is -0.716. The zero-order chi connectivity index (χ0) is 26.6. The van der Waals surface area contributed by atoms with Crippen LogP contribution in [0, 0.1) is 0 Å². The van der Waals surface area contributed by atoms with Gasteiger partial charge >= 0.3 is 11.9 Å². The molecule has 0 saturated heterocycles. The van der Waals surface area contributed by atoms with E-state index in [0.29, 0.717) is 23.9 Å². The number of hydrogen-bond acceptors (Lipinski definition) is 11. The van der Waals surface area contributed by atoms with Gasteiger partial charge < -0.3 is 20.1 Å². The zero-order valence-corrected chi connectivity index (χ0v) is 21.7. The lowest BCUT2D eigenvalue weighted by atomic mass is 10.0. The van der Waals surface area contributed by atoms with Crippen LogP contribution in [0.1, 0.15) is 33.1 Å². The van der Waals surface area contributed by atoms with Crippen molar-refractivity contribution in [3.8, 4) is 0 Å². The summed E-state index contributed by atoms with van der Waals surface area (Å²) in [4.78, 5) is 47.0. The Hall–Kier alpha value is -2.43. The number of ether oxygens (including phenoxy) is 1. The highest BCUT2D eigenvalue weighted by atomic mass is 32.3. The standard InChI is InChI=1S/C19H27N3O10S3/c1-4-20-13-8-18(33-19-12(13)7-11(2)34(19,28)29)35(30,31)21-14(23)9-22(3)15(24)10-32-17(27)6-5-16(25)26/h8,11,13,20H,4-7,9-10H2,1-3H3,(H,21,23)(H,25,26)/t11-,13-/m0/s1. The third-order valence-corrected chi connectivity index (χ3v) is 10.9. The fourth-order valence-electron chi connectivity index (χ4n) is 3.22. The maximum atomic E-state index is 12.8. The van der Waals surface area contributed by atoms with Gasteiger partial charge in [0, 0.05) is 7.05 Å². The second-order valence-electron chi connectivity index (χ2n) is 7.83. The molecule has 0 spiro atoms. The molecule has 2 atom stereocenters. The summed E-state index contributed by atoms with van der Waals surface area (Å²) < 4.78 is 57.0. The lowest BCUT2D eigenvalue weighted by Gasteiger charge is -2.23. The minimum Gasteiger partial charge on any atom is -0.481 e. The molecular formula is C19H27N3O10S3. The van der Waals surface area contributed by atoms with Gasteiger partial charge in [-0.15, -0.1) is 0 Å². The van der Waals surface area contributed by atoms with Gasteiger partial charge in [0.25, 0.3) is 21.8 Å². The van der Waals surface area contributed by atoms with Crippen molar-refractivity contribution in [3.05, 3.63) is 20.1 Å². The maximum absolute atomic E-state index is 12.8. The average molecular weight is 554 g/mol. The molecule has 13 nitrogen and oxygen atoms in total. The van der Waals surface area contributed by atoms with Gasteiger partial charge in [0.2, 0.25) is 0 Å². The molecule has 0 unspecified atom stereocenters. The Kier molecular flexibility index (Phi) is 9.49. The van der Waals surface area contributed by atoms with Gasteiger partial charge in [0.05, 0.1) is 24.1 Å². The number of likely N-dealkylation sites (N-methyl/N-ethyl adjacent to an activating group) is 2. The van der Waals surface area contributed by atoms with Crippen LogP contribution in [0.15, 0.2) is 20.1 Å². The molecule has 196 valence electrons. The number of carboxylic acids is 1. The van der Waals surface area contributed by atoms with Crippen LogP contribution in [0.25, 0.3) is 0 Å². The molecule has 0 saturated carbocycles. The topological polar surface area (TPSA) is 193 Å². The molecule has 2 aliphatic rings. The molecule has 3 N–H and O–H groups in total. The number of hydrogen-bond donors (Lipinski definition) is 3. The Morgan fingerprint density at radius 1 is 1.26 bits per heavy atom. The van der Waals surface area contributed by atoms with Crippen molar-refractivity contribution in [2.75, 3.05) is 26.7 Å². The summed E-state index contributed by atoms with van der Waals surface area (Å²) >= 11 is 0.565. The quantitative estimate of drug-likeness (QED) is 0.272. The van der Waals surface area contributed by atoms with Gasteiger partial charge in [0.1, 0.15) is 15.0 Å². The van der Waals surface area contributed by atoms with Gasteiger partial charge in [0.15, 0.2) is 16.4 Å². The molecule has 2 amide bonds. The first-order chi connectivity index (χ1) is 16.2. The number of nitrogens with zero attached hydrogens (tertiary/aromatic N) is 1. The molecule has 2 rings (SSSR count). The number of carbonyl (C=O) groups is 4. The number of esters is 1. The van der Waals surface area contributed by atoms with Crippen LogP contribution in [-0.4, -0.2) is 88.6 Å². The van der Waals surface area contributed by atoms with Crippen molar-refractivity contribution < 1.29 is 45.9 Å². The Labute approximate surface area is 207 Å². The van der Waals surface area contributed by atoms with E-state index in [2.05, 4.69) is 10.1 Å². The van der Waals surface area contributed by atoms with Crippen molar-refractivity contribution >= 4 is 55.4 Å². The fourth-order valence-corrected chi connectivity index (χ4v) is 8.27. The van der Waals surface area contributed by atoms with Crippen molar-refractivity contribution in [2.45, 2.75) is 44.4 Å².